The summed E-state index contributed by atoms with van der Waals surface area (Å²) in [6.45, 7) is 1.53. The van der Waals surface area contributed by atoms with Gasteiger partial charge in [0.15, 0.2) is 5.11 Å². The molecule has 0 radical (unpaired) electrons. The Kier molecular flexibility index (Phi) is 2.59. The molecule has 1 atom stereocenters. The van der Waals surface area contributed by atoms with Crippen molar-refractivity contribution in [3.63, 3.8) is 0 Å². The molecule has 2 fully saturated rings. The topological polar surface area (TPSA) is 23.6 Å². The summed E-state index contributed by atoms with van der Waals surface area (Å²) in [5.41, 5.74) is 1.13. The number of rotatable bonds is 2. The predicted octanol–water partition coefficient (Wildman–Crippen LogP) is 1.78. The molecule has 3 rings (SSSR count). The van der Waals surface area contributed by atoms with Crippen LogP contribution in [-0.4, -0.2) is 33.4 Å². The van der Waals surface area contributed by atoms with Crippen LogP contribution in [0.25, 0.3) is 0 Å². The van der Waals surface area contributed by atoms with Gasteiger partial charge in [-0.25, -0.2) is 0 Å². The Morgan fingerprint density at radius 3 is 2.76 bits per heavy atom. The van der Waals surface area contributed by atoms with Crippen molar-refractivity contribution in [3.05, 3.63) is 35.9 Å². The first-order valence-electron chi connectivity index (χ1n) is 5.93. The van der Waals surface area contributed by atoms with Crippen LogP contribution in [-0.2, 0) is 11.3 Å². The number of hydrogen-bond acceptors (Lipinski definition) is 2. The summed E-state index contributed by atoms with van der Waals surface area (Å²) in [4.78, 5) is 16.0. The molecule has 0 spiro atoms. The molecule has 0 aromatic heterocycles. The summed E-state index contributed by atoms with van der Waals surface area (Å²) >= 11 is 5.39. The molecule has 1 amide bonds. The van der Waals surface area contributed by atoms with Crippen LogP contribution < -0.4 is 0 Å². The summed E-state index contributed by atoms with van der Waals surface area (Å²) in [5.74, 6) is 0.177. The van der Waals surface area contributed by atoms with Crippen LogP contribution in [0.1, 0.15) is 18.4 Å². The molecule has 2 saturated heterocycles. The van der Waals surface area contributed by atoms with Crippen LogP contribution in [0.3, 0.4) is 0 Å². The second-order valence-corrected chi connectivity index (χ2v) is 4.91. The highest BCUT2D eigenvalue weighted by Gasteiger charge is 2.44. The van der Waals surface area contributed by atoms with Crippen molar-refractivity contribution in [1.29, 1.82) is 0 Å². The van der Waals surface area contributed by atoms with Crippen LogP contribution in [0.2, 0.25) is 0 Å². The number of carbonyl (C=O) groups is 1. The van der Waals surface area contributed by atoms with Gasteiger partial charge in [0.25, 0.3) is 5.91 Å². The molecule has 4 heteroatoms. The van der Waals surface area contributed by atoms with E-state index >= 15 is 0 Å². The molecule has 2 aliphatic rings. The second kappa shape index (κ2) is 4.11. The van der Waals surface area contributed by atoms with E-state index in [2.05, 4.69) is 4.90 Å². The van der Waals surface area contributed by atoms with E-state index in [1.54, 1.807) is 4.90 Å². The third-order valence-electron chi connectivity index (χ3n) is 3.46. The maximum atomic E-state index is 12.2. The molecule has 0 saturated carbocycles. The lowest BCUT2D eigenvalue weighted by molar-refractivity contribution is -0.128. The quantitative estimate of drug-likeness (QED) is 0.743. The van der Waals surface area contributed by atoms with Gasteiger partial charge in [-0.1, -0.05) is 30.3 Å². The maximum absolute atomic E-state index is 12.2. The summed E-state index contributed by atoms with van der Waals surface area (Å²) in [7, 11) is 0. The Morgan fingerprint density at radius 2 is 2.06 bits per heavy atom. The van der Waals surface area contributed by atoms with Crippen molar-refractivity contribution in [2.24, 2.45) is 0 Å². The van der Waals surface area contributed by atoms with Crippen molar-refractivity contribution in [3.8, 4) is 0 Å². The van der Waals surface area contributed by atoms with Crippen molar-refractivity contribution < 1.29 is 4.79 Å². The van der Waals surface area contributed by atoms with Crippen LogP contribution in [0.4, 0.5) is 0 Å². The molecule has 2 aliphatic heterocycles. The Morgan fingerprint density at radius 1 is 1.29 bits per heavy atom. The SMILES string of the molecule is O=C1[C@H]2CCCN2C(=S)N1Cc1ccccc1. The zero-order valence-corrected chi connectivity index (χ0v) is 10.3. The number of benzene rings is 1. The number of hydrogen-bond donors (Lipinski definition) is 0. The summed E-state index contributed by atoms with van der Waals surface area (Å²) in [5, 5.41) is 0.710. The van der Waals surface area contributed by atoms with Gasteiger partial charge in [-0.05, 0) is 30.6 Å². The van der Waals surface area contributed by atoms with Gasteiger partial charge in [0.2, 0.25) is 0 Å². The number of amides is 1. The van der Waals surface area contributed by atoms with Crippen LogP contribution in [0.15, 0.2) is 30.3 Å². The van der Waals surface area contributed by atoms with Gasteiger partial charge >= 0.3 is 0 Å². The Bertz CT molecular complexity index is 438. The minimum absolute atomic E-state index is 0.0196. The third-order valence-corrected chi connectivity index (χ3v) is 3.92. The average molecular weight is 246 g/mol. The minimum atomic E-state index is 0.0196. The smallest absolute Gasteiger partial charge is 0.251 e. The first kappa shape index (κ1) is 10.7. The molecule has 1 aromatic carbocycles. The largest absolute Gasteiger partial charge is 0.337 e. The second-order valence-electron chi connectivity index (χ2n) is 4.54. The summed E-state index contributed by atoms with van der Waals surface area (Å²) < 4.78 is 0. The average Bonchev–Trinajstić information content (AvgIpc) is 2.91. The third kappa shape index (κ3) is 1.72. The molecule has 0 N–H and O–H groups in total. The van der Waals surface area contributed by atoms with Gasteiger partial charge in [-0.2, -0.15) is 0 Å². The number of fused-ring (bicyclic) bond motifs is 1. The molecule has 88 valence electrons. The van der Waals surface area contributed by atoms with Gasteiger partial charge in [0, 0.05) is 6.54 Å². The first-order chi connectivity index (χ1) is 8.27. The fourth-order valence-electron chi connectivity index (χ4n) is 2.59. The zero-order chi connectivity index (χ0) is 11.8. The molecule has 0 aliphatic carbocycles. The maximum Gasteiger partial charge on any atom is 0.251 e. The Hall–Kier alpha value is -1.42. The molecular weight excluding hydrogens is 232 g/mol. The van der Waals surface area contributed by atoms with Gasteiger partial charge in [0.05, 0.1) is 6.54 Å². The standard InChI is InChI=1S/C13H14N2OS/c16-12-11-7-4-8-14(11)13(17)15(12)9-10-5-2-1-3-6-10/h1-3,5-6,11H,4,7-9H2/t11-/m1/s1. The van der Waals surface area contributed by atoms with Crippen LogP contribution in [0.5, 0.6) is 0 Å². The van der Waals surface area contributed by atoms with E-state index < -0.39 is 0 Å². The van der Waals surface area contributed by atoms with Crippen LogP contribution in [0, 0.1) is 0 Å². The summed E-state index contributed by atoms with van der Waals surface area (Å²) in [6.07, 6.45) is 2.03. The molecule has 1 aromatic rings. The summed E-state index contributed by atoms with van der Waals surface area (Å²) in [6, 6.07) is 10.0. The Balaban J connectivity index is 1.81. The number of thiocarbonyl (C=S) groups is 1. The first-order valence-corrected chi connectivity index (χ1v) is 6.34. The van der Waals surface area contributed by atoms with Gasteiger partial charge < -0.3 is 4.90 Å². The molecule has 17 heavy (non-hydrogen) atoms. The van der Waals surface area contributed by atoms with E-state index in [1.165, 1.54) is 0 Å². The number of carbonyl (C=O) groups excluding carboxylic acids is 1. The highest BCUT2D eigenvalue weighted by molar-refractivity contribution is 7.80. The highest BCUT2D eigenvalue weighted by Crippen LogP contribution is 2.28. The molecular formula is C13H14N2OS. The fraction of sp³-hybridized carbons (Fsp3) is 0.385. The van der Waals surface area contributed by atoms with Crippen molar-refractivity contribution >= 4 is 23.2 Å². The fourth-order valence-corrected chi connectivity index (χ4v) is 2.97. The lowest BCUT2D eigenvalue weighted by atomic mass is 10.2. The van der Waals surface area contributed by atoms with E-state index in [0.717, 1.165) is 24.9 Å². The lowest BCUT2D eigenvalue weighted by Gasteiger charge is -2.18. The van der Waals surface area contributed by atoms with Gasteiger partial charge in [-0.3, -0.25) is 9.69 Å². The highest BCUT2D eigenvalue weighted by atomic mass is 32.1. The van der Waals surface area contributed by atoms with E-state index in [0.29, 0.717) is 11.7 Å². The monoisotopic (exact) mass is 246 g/mol. The zero-order valence-electron chi connectivity index (χ0n) is 9.50. The van der Waals surface area contributed by atoms with Crippen molar-refractivity contribution in [2.45, 2.75) is 25.4 Å². The molecule has 0 bridgehead atoms. The van der Waals surface area contributed by atoms with Gasteiger partial charge in [0.1, 0.15) is 6.04 Å². The van der Waals surface area contributed by atoms with E-state index in [-0.39, 0.29) is 11.9 Å². The van der Waals surface area contributed by atoms with Gasteiger partial charge in [-0.15, -0.1) is 0 Å². The Labute approximate surface area is 106 Å². The lowest BCUT2D eigenvalue weighted by Crippen LogP contribution is -2.32. The van der Waals surface area contributed by atoms with E-state index in [4.69, 9.17) is 12.2 Å². The van der Waals surface area contributed by atoms with Crippen molar-refractivity contribution in [1.82, 2.24) is 9.80 Å². The normalized spacial score (nSPS) is 23.4. The minimum Gasteiger partial charge on any atom is -0.337 e. The van der Waals surface area contributed by atoms with E-state index in [9.17, 15) is 4.79 Å². The van der Waals surface area contributed by atoms with Crippen LogP contribution >= 0.6 is 12.2 Å². The predicted molar refractivity (Wildman–Crippen MR) is 69.3 cm³/mol. The molecule has 2 heterocycles. The van der Waals surface area contributed by atoms with E-state index in [1.807, 2.05) is 30.3 Å². The molecule has 0 unspecified atom stereocenters. The number of nitrogens with zero attached hydrogens (tertiary/aromatic N) is 2. The molecule has 3 nitrogen and oxygen atoms in total. The van der Waals surface area contributed by atoms with Crippen molar-refractivity contribution in [2.75, 3.05) is 6.54 Å².